The van der Waals surface area contributed by atoms with Crippen LogP contribution in [0.4, 0.5) is 0 Å². The molecule has 0 bridgehead atoms. The summed E-state index contributed by atoms with van der Waals surface area (Å²) in [5.41, 5.74) is 0. The molecule has 0 aromatic rings. The van der Waals surface area contributed by atoms with Gasteiger partial charge >= 0.3 is 5.97 Å². The van der Waals surface area contributed by atoms with Crippen molar-refractivity contribution in [3.8, 4) is 0 Å². The first-order valence-electron chi connectivity index (χ1n) is 4.52. The maximum atomic E-state index is 11.1. The van der Waals surface area contributed by atoms with Gasteiger partial charge in [-0.3, -0.25) is 0 Å². The van der Waals surface area contributed by atoms with Crippen LogP contribution < -0.4 is 5.32 Å². The van der Waals surface area contributed by atoms with E-state index in [0.717, 1.165) is 19.4 Å². The van der Waals surface area contributed by atoms with Crippen LogP contribution in [0.1, 0.15) is 19.8 Å². The molecule has 74 valence electrons. The first-order chi connectivity index (χ1) is 6.24. The zero-order valence-corrected chi connectivity index (χ0v) is 8.43. The maximum absolute atomic E-state index is 11.1. The van der Waals surface area contributed by atoms with Crippen LogP contribution in [-0.2, 0) is 9.53 Å². The molecule has 0 aliphatic carbocycles. The number of carbonyl (C=O) groups is 1. The molecular weight excluding hydrogens is 190 g/mol. The van der Waals surface area contributed by atoms with E-state index in [9.17, 15) is 4.79 Å². The number of rotatable bonds is 3. The Labute approximate surface area is 83.1 Å². The van der Waals surface area contributed by atoms with Crippen molar-refractivity contribution >= 4 is 17.6 Å². The summed E-state index contributed by atoms with van der Waals surface area (Å²) in [6.07, 6.45) is 3.90. The molecule has 0 saturated carbocycles. The molecule has 1 saturated heterocycles. The number of hydrogen-bond acceptors (Lipinski definition) is 3. The minimum atomic E-state index is -0.433. The third kappa shape index (κ3) is 3.36. The van der Waals surface area contributed by atoms with Crippen LogP contribution in [0.3, 0.4) is 0 Å². The Hall–Kier alpha value is -0.540. The monoisotopic (exact) mass is 203 g/mol. The Morgan fingerprint density at radius 2 is 2.54 bits per heavy atom. The molecule has 1 fully saturated rings. The Morgan fingerprint density at radius 3 is 3.08 bits per heavy atom. The summed E-state index contributed by atoms with van der Waals surface area (Å²) in [6, 6.07) is 0.233. The molecule has 1 heterocycles. The van der Waals surface area contributed by atoms with E-state index < -0.39 is 5.97 Å². The summed E-state index contributed by atoms with van der Waals surface area (Å²) in [5, 5.41) is 3.40. The SMILES string of the molecule is CCOC(=O)/C(Cl)=C\[C@@H]1CCCN1. The van der Waals surface area contributed by atoms with Crippen LogP contribution in [0.25, 0.3) is 0 Å². The fraction of sp³-hybridized carbons (Fsp3) is 0.667. The molecule has 1 N–H and O–H groups in total. The van der Waals surface area contributed by atoms with E-state index in [-0.39, 0.29) is 11.1 Å². The number of ether oxygens (including phenoxy) is 1. The second kappa shape index (κ2) is 5.25. The van der Waals surface area contributed by atoms with Crippen LogP contribution in [0.5, 0.6) is 0 Å². The molecule has 0 radical (unpaired) electrons. The van der Waals surface area contributed by atoms with Crippen molar-refractivity contribution in [2.75, 3.05) is 13.2 Å². The molecule has 0 spiro atoms. The normalized spacial score (nSPS) is 23.2. The zero-order chi connectivity index (χ0) is 9.68. The van der Waals surface area contributed by atoms with Crippen molar-refractivity contribution in [2.24, 2.45) is 0 Å². The fourth-order valence-electron chi connectivity index (χ4n) is 1.30. The number of hydrogen-bond donors (Lipinski definition) is 1. The Kier molecular flexibility index (Phi) is 4.25. The minimum absolute atomic E-state index is 0.182. The quantitative estimate of drug-likeness (QED) is 0.557. The number of esters is 1. The van der Waals surface area contributed by atoms with Crippen LogP contribution in [0, 0.1) is 0 Å². The van der Waals surface area contributed by atoms with E-state index in [1.54, 1.807) is 13.0 Å². The van der Waals surface area contributed by atoms with Gasteiger partial charge in [0.05, 0.1) is 6.61 Å². The molecule has 0 aromatic carbocycles. The Morgan fingerprint density at radius 1 is 1.77 bits per heavy atom. The number of halogens is 1. The fourth-order valence-corrected chi connectivity index (χ4v) is 1.51. The average Bonchev–Trinajstić information content (AvgIpc) is 2.57. The van der Waals surface area contributed by atoms with Crippen molar-refractivity contribution in [1.82, 2.24) is 5.32 Å². The lowest BCUT2D eigenvalue weighted by atomic mass is 10.2. The van der Waals surface area contributed by atoms with Crippen LogP contribution in [0.2, 0.25) is 0 Å². The molecule has 1 rings (SSSR count). The maximum Gasteiger partial charge on any atom is 0.349 e. The molecular formula is C9H14ClNO2. The lowest BCUT2D eigenvalue weighted by Gasteiger charge is -2.04. The van der Waals surface area contributed by atoms with Crippen molar-refractivity contribution in [1.29, 1.82) is 0 Å². The van der Waals surface area contributed by atoms with Gasteiger partial charge in [-0.25, -0.2) is 4.79 Å². The lowest BCUT2D eigenvalue weighted by Crippen LogP contribution is -2.19. The van der Waals surface area contributed by atoms with Crippen molar-refractivity contribution in [3.63, 3.8) is 0 Å². The van der Waals surface area contributed by atoms with Crippen LogP contribution in [-0.4, -0.2) is 25.2 Å². The number of carbonyl (C=O) groups excluding carboxylic acids is 1. The van der Waals surface area contributed by atoms with Gasteiger partial charge in [-0.05, 0) is 32.4 Å². The third-order valence-corrected chi connectivity index (χ3v) is 2.20. The first-order valence-corrected chi connectivity index (χ1v) is 4.89. The highest BCUT2D eigenvalue weighted by Crippen LogP contribution is 2.12. The predicted molar refractivity (Wildman–Crippen MR) is 51.6 cm³/mol. The minimum Gasteiger partial charge on any atom is -0.462 e. The Balaban J connectivity index is 2.44. The van der Waals surface area contributed by atoms with E-state index >= 15 is 0 Å². The van der Waals surface area contributed by atoms with Crippen molar-refractivity contribution in [2.45, 2.75) is 25.8 Å². The molecule has 1 atom stereocenters. The average molecular weight is 204 g/mol. The van der Waals surface area contributed by atoms with Crippen LogP contribution in [0.15, 0.2) is 11.1 Å². The summed E-state index contributed by atoms with van der Waals surface area (Å²) < 4.78 is 4.75. The molecule has 1 aliphatic heterocycles. The Bertz CT molecular complexity index is 210. The second-order valence-electron chi connectivity index (χ2n) is 2.94. The van der Waals surface area contributed by atoms with E-state index in [4.69, 9.17) is 16.3 Å². The van der Waals surface area contributed by atoms with E-state index in [0.29, 0.717) is 6.61 Å². The molecule has 0 amide bonds. The standard InChI is InChI=1S/C9H14ClNO2/c1-2-13-9(12)8(10)6-7-4-3-5-11-7/h6-7,11H,2-5H2,1H3/b8-6+/t7-/m0/s1. The predicted octanol–water partition coefficient (Wildman–Crippen LogP) is 1.42. The molecule has 3 nitrogen and oxygen atoms in total. The highest BCUT2D eigenvalue weighted by molar-refractivity contribution is 6.41. The lowest BCUT2D eigenvalue weighted by molar-refractivity contribution is -0.137. The van der Waals surface area contributed by atoms with Gasteiger partial charge in [0.15, 0.2) is 0 Å². The highest BCUT2D eigenvalue weighted by Gasteiger charge is 2.15. The largest absolute Gasteiger partial charge is 0.462 e. The van der Waals surface area contributed by atoms with E-state index in [1.165, 1.54) is 0 Å². The van der Waals surface area contributed by atoms with Crippen LogP contribution >= 0.6 is 11.6 Å². The van der Waals surface area contributed by atoms with Gasteiger partial charge in [-0.1, -0.05) is 11.6 Å². The molecule has 0 unspecified atom stereocenters. The zero-order valence-electron chi connectivity index (χ0n) is 7.68. The summed E-state index contributed by atoms with van der Waals surface area (Å²) in [7, 11) is 0. The topological polar surface area (TPSA) is 38.3 Å². The van der Waals surface area contributed by atoms with Crippen molar-refractivity contribution in [3.05, 3.63) is 11.1 Å². The second-order valence-corrected chi connectivity index (χ2v) is 3.35. The van der Waals surface area contributed by atoms with Crippen molar-refractivity contribution < 1.29 is 9.53 Å². The van der Waals surface area contributed by atoms with Gasteiger partial charge in [0, 0.05) is 6.04 Å². The third-order valence-electron chi connectivity index (χ3n) is 1.92. The molecule has 0 aromatic heterocycles. The first kappa shape index (κ1) is 10.5. The molecule has 1 aliphatic rings. The van der Waals surface area contributed by atoms with Gasteiger partial charge in [-0.2, -0.15) is 0 Å². The highest BCUT2D eigenvalue weighted by atomic mass is 35.5. The van der Waals surface area contributed by atoms with Gasteiger partial charge in [-0.15, -0.1) is 0 Å². The summed E-state index contributed by atoms with van der Waals surface area (Å²) >= 11 is 5.74. The molecule has 13 heavy (non-hydrogen) atoms. The summed E-state index contributed by atoms with van der Waals surface area (Å²) in [5.74, 6) is -0.433. The van der Waals surface area contributed by atoms with Gasteiger partial charge in [0.1, 0.15) is 5.03 Å². The van der Waals surface area contributed by atoms with Gasteiger partial charge in [0.25, 0.3) is 0 Å². The van der Waals surface area contributed by atoms with E-state index in [1.807, 2.05) is 0 Å². The molecule has 4 heteroatoms. The van der Waals surface area contributed by atoms with Gasteiger partial charge in [0.2, 0.25) is 0 Å². The number of nitrogens with one attached hydrogen (secondary N) is 1. The van der Waals surface area contributed by atoms with E-state index in [2.05, 4.69) is 5.32 Å². The summed E-state index contributed by atoms with van der Waals surface area (Å²) in [4.78, 5) is 11.1. The van der Waals surface area contributed by atoms with Gasteiger partial charge < -0.3 is 10.1 Å². The summed E-state index contributed by atoms with van der Waals surface area (Å²) in [6.45, 7) is 3.12. The smallest absolute Gasteiger partial charge is 0.349 e.